The van der Waals surface area contributed by atoms with Gasteiger partial charge in [-0.1, -0.05) is 15.9 Å². The Morgan fingerprint density at radius 2 is 2.00 bits per heavy atom. The molecule has 74 valence electrons. The van der Waals surface area contributed by atoms with Crippen molar-refractivity contribution in [1.82, 2.24) is 4.90 Å². The minimum Gasteiger partial charge on any atom is -0.341 e. The van der Waals surface area contributed by atoms with Crippen molar-refractivity contribution in [2.75, 3.05) is 13.6 Å². The molecule has 0 aromatic carbocycles. The van der Waals surface area contributed by atoms with Crippen LogP contribution in [0.15, 0.2) is 10.1 Å². The van der Waals surface area contributed by atoms with Crippen molar-refractivity contribution in [1.29, 1.82) is 0 Å². The average Bonchev–Trinajstić information content (AvgIpc) is 1.95. The standard InChI is InChI=1S/C7H7BrF3NO/c1-12-3-2-4(8)5(6(12)13)7(9,10)11/h2-3H2,1H3. The summed E-state index contributed by atoms with van der Waals surface area (Å²) in [6.07, 6.45) is -4.35. The zero-order valence-corrected chi connectivity index (χ0v) is 8.37. The molecule has 0 saturated carbocycles. The molecule has 2 nitrogen and oxygen atoms in total. The van der Waals surface area contributed by atoms with Crippen LogP contribution in [-0.4, -0.2) is 30.6 Å². The SMILES string of the molecule is CN1CCC(Br)=C(C(F)(F)F)C1=O. The van der Waals surface area contributed by atoms with Gasteiger partial charge in [-0.15, -0.1) is 0 Å². The Labute approximate surface area is 81.5 Å². The Bertz CT molecular complexity index is 271. The topological polar surface area (TPSA) is 20.3 Å². The molecule has 6 heteroatoms. The van der Waals surface area contributed by atoms with Gasteiger partial charge in [0.1, 0.15) is 5.57 Å². The summed E-state index contributed by atoms with van der Waals surface area (Å²) in [6, 6.07) is 0. The molecule has 0 aromatic rings. The van der Waals surface area contributed by atoms with Gasteiger partial charge in [0.2, 0.25) is 0 Å². The highest BCUT2D eigenvalue weighted by molar-refractivity contribution is 9.11. The molecule has 0 aliphatic carbocycles. The lowest BCUT2D eigenvalue weighted by Gasteiger charge is -2.26. The van der Waals surface area contributed by atoms with E-state index in [0.29, 0.717) is 6.54 Å². The first-order chi connectivity index (χ1) is 5.84. The summed E-state index contributed by atoms with van der Waals surface area (Å²) < 4.78 is 36.8. The summed E-state index contributed by atoms with van der Waals surface area (Å²) >= 11 is 2.77. The summed E-state index contributed by atoms with van der Waals surface area (Å²) in [5.41, 5.74) is -1.08. The number of nitrogens with zero attached hydrogens (tertiary/aromatic N) is 1. The number of carbonyl (C=O) groups excluding carboxylic acids is 1. The van der Waals surface area contributed by atoms with E-state index in [1.165, 1.54) is 7.05 Å². The number of likely N-dealkylation sites (N-methyl/N-ethyl adjacent to an activating group) is 1. The number of halogens is 4. The maximum absolute atomic E-state index is 12.3. The molecule has 0 atom stereocenters. The predicted molar refractivity (Wildman–Crippen MR) is 44.3 cm³/mol. The number of rotatable bonds is 0. The zero-order valence-electron chi connectivity index (χ0n) is 6.78. The van der Waals surface area contributed by atoms with Crippen molar-refractivity contribution in [3.8, 4) is 0 Å². The summed E-state index contributed by atoms with van der Waals surface area (Å²) in [5, 5.41) is 0. The van der Waals surface area contributed by atoms with Gasteiger partial charge in [-0.25, -0.2) is 0 Å². The molecule has 0 aromatic heterocycles. The van der Waals surface area contributed by atoms with Crippen LogP contribution < -0.4 is 0 Å². The first-order valence-corrected chi connectivity index (χ1v) is 4.34. The van der Waals surface area contributed by atoms with Gasteiger partial charge in [0.15, 0.2) is 0 Å². The summed E-state index contributed by atoms with van der Waals surface area (Å²) in [7, 11) is 1.35. The fourth-order valence-corrected chi connectivity index (χ4v) is 1.65. The molecule has 1 aliphatic heterocycles. The highest BCUT2D eigenvalue weighted by atomic mass is 79.9. The van der Waals surface area contributed by atoms with Crippen molar-refractivity contribution in [3.63, 3.8) is 0 Å². The van der Waals surface area contributed by atoms with E-state index >= 15 is 0 Å². The Kier molecular flexibility index (Phi) is 2.70. The molecule has 1 aliphatic rings. The van der Waals surface area contributed by atoms with Crippen molar-refractivity contribution >= 4 is 21.8 Å². The molecule has 1 amide bonds. The number of carbonyl (C=O) groups is 1. The second-order valence-electron chi connectivity index (χ2n) is 2.75. The van der Waals surface area contributed by atoms with E-state index in [1.807, 2.05) is 0 Å². The minimum absolute atomic E-state index is 0.0527. The fraction of sp³-hybridized carbons (Fsp3) is 0.571. The minimum atomic E-state index is -4.56. The normalized spacial score (nSPS) is 19.8. The van der Waals surface area contributed by atoms with Crippen LogP contribution in [0.4, 0.5) is 13.2 Å². The molecule has 0 saturated heterocycles. The van der Waals surface area contributed by atoms with Crippen LogP contribution in [0.25, 0.3) is 0 Å². The predicted octanol–water partition coefficient (Wildman–Crippen LogP) is 2.06. The van der Waals surface area contributed by atoms with Crippen LogP contribution in [0, 0.1) is 0 Å². The lowest BCUT2D eigenvalue weighted by Crippen LogP contribution is -2.38. The molecule has 0 unspecified atom stereocenters. The summed E-state index contributed by atoms with van der Waals surface area (Å²) in [6.45, 7) is 0.318. The Hall–Kier alpha value is -0.520. The van der Waals surface area contributed by atoms with Crippen molar-refractivity contribution in [3.05, 3.63) is 10.1 Å². The monoisotopic (exact) mass is 257 g/mol. The maximum Gasteiger partial charge on any atom is 0.422 e. The molecule has 0 N–H and O–H groups in total. The zero-order chi connectivity index (χ0) is 10.2. The summed E-state index contributed by atoms with van der Waals surface area (Å²) in [5.74, 6) is -0.967. The Morgan fingerprint density at radius 3 is 2.38 bits per heavy atom. The smallest absolute Gasteiger partial charge is 0.341 e. The van der Waals surface area contributed by atoms with E-state index < -0.39 is 17.7 Å². The van der Waals surface area contributed by atoms with E-state index in [9.17, 15) is 18.0 Å². The molecular formula is C7H7BrF3NO. The lowest BCUT2D eigenvalue weighted by atomic mass is 10.1. The molecule has 1 rings (SSSR count). The van der Waals surface area contributed by atoms with Gasteiger partial charge in [0.05, 0.1) is 0 Å². The molecule has 13 heavy (non-hydrogen) atoms. The van der Waals surface area contributed by atoms with E-state index in [1.54, 1.807) is 0 Å². The molecule has 0 spiro atoms. The Morgan fingerprint density at radius 1 is 1.46 bits per heavy atom. The largest absolute Gasteiger partial charge is 0.422 e. The maximum atomic E-state index is 12.3. The van der Waals surface area contributed by atoms with Gasteiger partial charge in [0.25, 0.3) is 5.91 Å². The molecular weight excluding hydrogens is 251 g/mol. The van der Waals surface area contributed by atoms with Crippen LogP contribution in [-0.2, 0) is 4.79 Å². The quantitative estimate of drug-likeness (QED) is 0.651. The second kappa shape index (κ2) is 3.32. The third-order valence-corrected chi connectivity index (χ3v) is 2.58. The first-order valence-electron chi connectivity index (χ1n) is 3.55. The van der Waals surface area contributed by atoms with Crippen LogP contribution in [0.5, 0.6) is 0 Å². The van der Waals surface area contributed by atoms with Gasteiger partial charge >= 0.3 is 6.18 Å². The second-order valence-corrected chi connectivity index (χ2v) is 3.71. The van der Waals surface area contributed by atoms with Gasteiger partial charge < -0.3 is 4.90 Å². The van der Waals surface area contributed by atoms with Crippen molar-refractivity contribution in [2.24, 2.45) is 0 Å². The van der Waals surface area contributed by atoms with Crippen molar-refractivity contribution in [2.45, 2.75) is 12.6 Å². The van der Waals surface area contributed by atoms with Crippen molar-refractivity contribution < 1.29 is 18.0 Å². The van der Waals surface area contributed by atoms with E-state index in [0.717, 1.165) is 4.90 Å². The summed E-state index contributed by atoms with van der Waals surface area (Å²) in [4.78, 5) is 12.2. The third-order valence-electron chi connectivity index (χ3n) is 1.78. The molecule has 0 bridgehead atoms. The highest BCUT2D eigenvalue weighted by Gasteiger charge is 2.43. The van der Waals surface area contributed by atoms with Crippen LogP contribution in [0.2, 0.25) is 0 Å². The van der Waals surface area contributed by atoms with Gasteiger partial charge in [-0.3, -0.25) is 4.79 Å². The van der Waals surface area contributed by atoms with Crippen LogP contribution >= 0.6 is 15.9 Å². The lowest BCUT2D eigenvalue weighted by molar-refractivity contribution is -0.139. The average molecular weight is 258 g/mol. The third kappa shape index (κ3) is 2.04. The molecule has 0 radical (unpaired) electrons. The number of alkyl halides is 3. The van der Waals surface area contributed by atoms with E-state index in [-0.39, 0.29) is 10.9 Å². The van der Waals surface area contributed by atoms with E-state index in [4.69, 9.17) is 0 Å². The van der Waals surface area contributed by atoms with Crippen LogP contribution in [0.1, 0.15) is 6.42 Å². The van der Waals surface area contributed by atoms with Gasteiger partial charge in [-0.05, 0) is 6.42 Å². The number of hydrogen-bond donors (Lipinski definition) is 0. The van der Waals surface area contributed by atoms with E-state index in [2.05, 4.69) is 15.9 Å². The van der Waals surface area contributed by atoms with Gasteiger partial charge in [-0.2, -0.15) is 13.2 Å². The molecule has 1 heterocycles. The highest BCUT2D eigenvalue weighted by Crippen LogP contribution is 2.35. The number of hydrogen-bond acceptors (Lipinski definition) is 1. The first kappa shape index (κ1) is 10.6. The number of amides is 1. The fourth-order valence-electron chi connectivity index (χ4n) is 1.07. The van der Waals surface area contributed by atoms with Gasteiger partial charge in [0, 0.05) is 18.1 Å². The molecule has 0 fully saturated rings. The Balaban J connectivity index is 3.10. The van der Waals surface area contributed by atoms with Crippen LogP contribution in [0.3, 0.4) is 0 Å².